The quantitative estimate of drug-likeness (QED) is 0.524. The van der Waals surface area contributed by atoms with E-state index in [0.29, 0.717) is 6.54 Å². The zero-order chi connectivity index (χ0) is 10.2. The van der Waals surface area contributed by atoms with Crippen molar-refractivity contribution in [2.75, 3.05) is 31.3 Å². The molecule has 0 rings (SSSR count). The van der Waals surface area contributed by atoms with E-state index in [9.17, 15) is 8.42 Å². The minimum Gasteiger partial charge on any atom is -0.384 e. The van der Waals surface area contributed by atoms with Crippen molar-refractivity contribution in [2.24, 2.45) is 0 Å². The summed E-state index contributed by atoms with van der Waals surface area (Å²) in [5.74, 6) is 0.0395. The Morgan fingerprint density at radius 1 is 1.38 bits per heavy atom. The molecule has 0 spiro atoms. The Morgan fingerprint density at radius 3 is 2.62 bits per heavy atom. The first-order chi connectivity index (χ1) is 6.12. The normalized spacial score (nSPS) is 11.8. The average Bonchev–Trinajstić information content (AvgIpc) is 2.09. The van der Waals surface area contributed by atoms with Crippen LogP contribution in [0.2, 0.25) is 0 Å². The Balaban J connectivity index is 3.52. The number of hydrogen-bond acceptors (Lipinski definition) is 3. The van der Waals surface area contributed by atoms with E-state index in [2.05, 4.69) is 25.4 Å². The molecule has 0 bridgehead atoms. The standard InChI is InChI=1S/C7H16BrNO3S/c1-12-6-7-13(10,11)9-5-3-2-4-8/h9H,2-7H2,1H3. The predicted octanol–water partition coefficient (Wildman–Crippen LogP) is 0.727. The first kappa shape index (κ1) is 13.4. The molecule has 0 aromatic rings. The van der Waals surface area contributed by atoms with Crippen LogP contribution in [0.15, 0.2) is 0 Å². The lowest BCUT2D eigenvalue weighted by Crippen LogP contribution is -2.29. The summed E-state index contributed by atoms with van der Waals surface area (Å²) in [6.45, 7) is 0.755. The third kappa shape index (κ3) is 8.67. The summed E-state index contributed by atoms with van der Waals surface area (Å²) in [6, 6.07) is 0. The molecule has 0 fully saturated rings. The molecule has 4 nitrogen and oxygen atoms in total. The summed E-state index contributed by atoms with van der Waals surface area (Å²) in [5.41, 5.74) is 0. The van der Waals surface area contributed by atoms with Crippen LogP contribution in [0.4, 0.5) is 0 Å². The first-order valence-corrected chi connectivity index (χ1v) is 6.92. The lowest BCUT2D eigenvalue weighted by Gasteiger charge is -2.04. The van der Waals surface area contributed by atoms with Crippen molar-refractivity contribution in [3.8, 4) is 0 Å². The van der Waals surface area contributed by atoms with Gasteiger partial charge in [0.25, 0.3) is 0 Å². The number of halogens is 1. The highest BCUT2D eigenvalue weighted by Crippen LogP contribution is 1.93. The third-order valence-electron chi connectivity index (χ3n) is 1.44. The number of sulfonamides is 1. The zero-order valence-electron chi connectivity index (χ0n) is 7.75. The topological polar surface area (TPSA) is 55.4 Å². The molecule has 0 aliphatic heterocycles. The van der Waals surface area contributed by atoms with Crippen molar-refractivity contribution in [3.63, 3.8) is 0 Å². The van der Waals surface area contributed by atoms with Crippen molar-refractivity contribution in [3.05, 3.63) is 0 Å². The minimum atomic E-state index is -3.11. The summed E-state index contributed by atoms with van der Waals surface area (Å²) < 4.78 is 29.5. The van der Waals surface area contributed by atoms with Gasteiger partial charge in [-0.05, 0) is 12.8 Å². The maximum Gasteiger partial charge on any atom is 0.213 e. The summed E-state index contributed by atoms with van der Waals surface area (Å²) in [4.78, 5) is 0. The molecule has 0 unspecified atom stereocenters. The maximum atomic E-state index is 11.1. The lowest BCUT2D eigenvalue weighted by atomic mass is 10.3. The molecule has 0 saturated heterocycles. The van der Waals surface area contributed by atoms with Crippen molar-refractivity contribution in [1.82, 2.24) is 4.72 Å². The summed E-state index contributed by atoms with van der Waals surface area (Å²) in [6.07, 6.45) is 1.84. The maximum absolute atomic E-state index is 11.1. The SMILES string of the molecule is COCCS(=O)(=O)NCCCCBr. The minimum absolute atomic E-state index is 0.0395. The average molecular weight is 274 g/mol. The van der Waals surface area contributed by atoms with Gasteiger partial charge in [-0.15, -0.1) is 0 Å². The van der Waals surface area contributed by atoms with Crippen molar-refractivity contribution in [1.29, 1.82) is 0 Å². The van der Waals surface area contributed by atoms with Gasteiger partial charge in [-0.25, -0.2) is 13.1 Å². The van der Waals surface area contributed by atoms with E-state index in [4.69, 9.17) is 0 Å². The van der Waals surface area contributed by atoms with Crippen molar-refractivity contribution in [2.45, 2.75) is 12.8 Å². The van der Waals surface area contributed by atoms with Gasteiger partial charge in [-0.3, -0.25) is 0 Å². The Bertz CT molecular complexity index is 206. The largest absolute Gasteiger partial charge is 0.384 e. The number of methoxy groups -OCH3 is 1. The van der Waals surface area contributed by atoms with Crippen molar-refractivity contribution < 1.29 is 13.2 Å². The van der Waals surface area contributed by atoms with Crippen LogP contribution in [-0.2, 0) is 14.8 Å². The van der Waals surface area contributed by atoms with Crippen LogP contribution in [-0.4, -0.2) is 39.8 Å². The van der Waals surface area contributed by atoms with Gasteiger partial charge >= 0.3 is 0 Å². The summed E-state index contributed by atoms with van der Waals surface area (Å²) in [5, 5.41) is 0.910. The highest BCUT2D eigenvalue weighted by atomic mass is 79.9. The van der Waals surface area contributed by atoms with E-state index in [1.165, 1.54) is 7.11 Å². The lowest BCUT2D eigenvalue weighted by molar-refractivity contribution is 0.217. The number of ether oxygens (including phenoxy) is 1. The predicted molar refractivity (Wildman–Crippen MR) is 56.7 cm³/mol. The second kappa shape index (κ2) is 7.73. The fraction of sp³-hybridized carbons (Fsp3) is 1.00. The Labute approximate surface area is 88.2 Å². The van der Waals surface area contributed by atoms with Crippen molar-refractivity contribution >= 4 is 26.0 Å². The fourth-order valence-corrected chi connectivity index (χ4v) is 2.09. The van der Waals surface area contributed by atoms with Gasteiger partial charge < -0.3 is 4.74 Å². The zero-order valence-corrected chi connectivity index (χ0v) is 10.2. The number of hydrogen-bond donors (Lipinski definition) is 1. The van der Waals surface area contributed by atoms with E-state index < -0.39 is 10.0 Å². The molecule has 0 radical (unpaired) electrons. The van der Waals surface area contributed by atoms with E-state index in [-0.39, 0.29) is 12.4 Å². The monoisotopic (exact) mass is 273 g/mol. The number of alkyl halides is 1. The van der Waals surface area contributed by atoms with Gasteiger partial charge in [0, 0.05) is 19.0 Å². The van der Waals surface area contributed by atoms with E-state index in [1.807, 2.05) is 0 Å². The number of nitrogens with one attached hydrogen (secondary N) is 1. The molecular weight excluding hydrogens is 258 g/mol. The molecule has 0 aliphatic rings. The van der Waals surface area contributed by atoms with Crippen LogP contribution in [0.3, 0.4) is 0 Å². The smallest absolute Gasteiger partial charge is 0.213 e. The number of unbranched alkanes of at least 4 members (excludes halogenated alkanes) is 1. The van der Waals surface area contributed by atoms with Gasteiger partial charge in [-0.2, -0.15) is 0 Å². The molecule has 0 heterocycles. The molecule has 0 aliphatic carbocycles. The molecule has 0 atom stereocenters. The van der Waals surface area contributed by atoms with Crippen LogP contribution in [0.5, 0.6) is 0 Å². The van der Waals surface area contributed by atoms with E-state index >= 15 is 0 Å². The van der Waals surface area contributed by atoms with Gasteiger partial charge in [-0.1, -0.05) is 15.9 Å². The van der Waals surface area contributed by atoms with Crippen LogP contribution < -0.4 is 4.72 Å². The fourth-order valence-electron chi connectivity index (χ4n) is 0.712. The van der Waals surface area contributed by atoms with Crippen LogP contribution in [0.25, 0.3) is 0 Å². The second-order valence-electron chi connectivity index (χ2n) is 2.60. The van der Waals surface area contributed by atoms with Gasteiger partial charge in [0.2, 0.25) is 10.0 Å². The molecule has 6 heteroatoms. The van der Waals surface area contributed by atoms with Gasteiger partial charge in [0.15, 0.2) is 0 Å². The molecule has 0 amide bonds. The molecule has 13 heavy (non-hydrogen) atoms. The molecule has 80 valence electrons. The van der Waals surface area contributed by atoms with Crippen LogP contribution >= 0.6 is 15.9 Å². The molecule has 0 saturated carbocycles. The Hall–Kier alpha value is 0.350. The van der Waals surface area contributed by atoms with Crippen LogP contribution in [0, 0.1) is 0 Å². The second-order valence-corrected chi connectivity index (χ2v) is 5.32. The molecular formula is C7H16BrNO3S. The van der Waals surface area contributed by atoms with E-state index in [0.717, 1.165) is 18.2 Å². The summed E-state index contributed by atoms with van der Waals surface area (Å²) >= 11 is 3.27. The molecule has 0 aromatic heterocycles. The van der Waals surface area contributed by atoms with Gasteiger partial charge in [0.1, 0.15) is 0 Å². The highest BCUT2D eigenvalue weighted by molar-refractivity contribution is 9.09. The van der Waals surface area contributed by atoms with Crippen LogP contribution in [0.1, 0.15) is 12.8 Å². The van der Waals surface area contributed by atoms with Gasteiger partial charge in [0.05, 0.1) is 12.4 Å². The Morgan fingerprint density at radius 2 is 2.08 bits per heavy atom. The summed E-state index contributed by atoms with van der Waals surface area (Å²) in [7, 11) is -1.63. The Kier molecular flexibility index (Phi) is 7.93. The first-order valence-electron chi connectivity index (χ1n) is 4.14. The highest BCUT2D eigenvalue weighted by Gasteiger charge is 2.07. The molecule has 1 N–H and O–H groups in total. The number of rotatable bonds is 8. The van der Waals surface area contributed by atoms with E-state index in [1.54, 1.807) is 0 Å². The molecule has 0 aromatic carbocycles. The third-order valence-corrected chi connectivity index (χ3v) is 3.35.